The number of nitrogens with one attached hydrogen (secondary N) is 2. The molecule has 0 saturated heterocycles. The van der Waals surface area contributed by atoms with Gasteiger partial charge in [0.05, 0.1) is 12.2 Å². The fourth-order valence-corrected chi connectivity index (χ4v) is 1.30. The van der Waals surface area contributed by atoms with Crippen molar-refractivity contribution in [2.75, 3.05) is 32.1 Å². The molecule has 0 fully saturated rings. The average Bonchev–Trinajstić information content (AvgIpc) is 2.38. The van der Waals surface area contributed by atoms with Gasteiger partial charge in [-0.05, 0) is 6.07 Å². The summed E-state index contributed by atoms with van der Waals surface area (Å²) in [6, 6.07) is 1.27. The highest BCUT2D eigenvalue weighted by atomic mass is 19.1. The van der Waals surface area contributed by atoms with Crippen molar-refractivity contribution in [1.82, 2.24) is 10.3 Å². The van der Waals surface area contributed by atoms with Gasteiger partial charge < -0.3 is 21.1 Å². The number of hydrogen-bond acceptors (Lipinski definition) is 5. The predicted octanol–water partition coefficient (Wildman–Crippen LogP) is -0.506. The lowest BCUT2D eigenvalue weighted by Gasteiger charge is -2.08. The maximum Gasteiger partial charge on any atom is 0.254 e. The Morgan fingerprint density at radius 3 is 2.89 bits per heavy atom. The maximum atomic E-state index is 13.7. The molecular weight excluding hydrogens is 255 g/mol. The number of nitrogens with two attached hydrogens (primary N) is 1. The average molecular weight is 270 g/mol. The first-order chi connectivity index (χ1) is 9.06. The van der Waals surface area contributed by atoms with Crippen LogP contribution in [0.4, 0.5) is 10.2 Å². The van der Waals surface area contributed by atoms with Gasteiger partial charge in [-0.3, -0.25) is 9.59 Å². The molecular formula is C11H15FN4O3. The molecule has 0 aromatic carbocycles. The molecule has 7 nitrogen and oxygen atoms in total. The van der Waals surface area contributed by atoms with Gasteiger partial charge in [-0.2, -0.15) is 0 Å². The van der Waals surface area contributed by atoms with E-state index < -0.39 is 17.6 Å². The lowest BCUT2D eigenvalue weighted by Crippen LogP contribution is -2.29. The van der Waals surface area contributed by atoms with Gasteiger partial charge in [-0.25, -0.2) is 9.37 Å². The topological polar surface area (TPSA) is 106 Å². The summed E-state index contributed by atoms with van der Waals surface area (Å²) in [5.41, 5.74) is 4.75. The Labute approximate surface area is 109 Å². The van der Waals surface area contributed by atoms with Crippen LogP contribution in [0.25, 0.3) is 0 Å². The molecule has 8 heteroatoms. The zero-order valence-electron chi connectivity index (χ0n) is 10.4. The molecule has 104 valence electrons. The van der Waals surface area contributed by atoms with Crippen molar-refractivity contribution in [1.29, 1.82) is 0 Å². The summed E-state index contributed by atoms with van der Waals surface area (Å²) in [6.07, 6.45) is 1.33. The molecule has 1 heterocycles. The fourth-order valence-electron chi connectivity index (χ4n) is 1.30. The minimum Gasteiger partial charge on any atom is -0.371 e. The van der Waals surface area contributed by atoms with Crippen molar-refractivity contribution in [2.45, 2.75) is 0 Å². The van der Waals surface area contributed by atoms with Crippen LogP contribution in [0.2, 0.25) is 0 Å². The Bertz CT molecular complexity index is 467. The SMILES string of the molecule is CNc1nccc(C(=O)NCCOCC(N)=O)c1F. The van der Waals surface area contributed by atoms with Crippen molar-refractivity contribution >= 4 is 17.6 Å². The summed E-state index contributed by atoms with van der Waals surface area (Å²) < 4.78 is 18.6. The van der Waals surface area contributed by atoms with Gasteiger partial charge in [0.2, 0.25) is 5.91 Å². The smallest absolute Gasteiger partial charge is 0.254 e. The van der Waals surface area contributed by atoms with E-state index >= 15 is 0 Å². The van der Waals surface area contributed by atoms with Crippen molar-refractivity contribution in [2.24, 2.45) is 5.73 Å². The number of pyridine rings is 1. The first-order valence-electron chi connectivity index (χ1n) is 5.52. The Morgan fingerprint density at radius 2 is 2.26 bits per heavy atom. The number of amides is 2. The van der Waals surface area contributed by atoms with E-state index in [2.05, 4.69) is 15.6 Å². The van der Waals surface area contributed by atoms with Crippen molar-refractivity contribution < 1.29 is 18.7 Å². The molecule has 0 bridgehead atoms. The standard InChI is InChI=1S/C11H15FN4O3/c1-14-10-9(12)7(2-3-15-10)11(18)16-4-5-19-6-8(13)17/h2-3H,4-6H2,1H3,(H2,13,17)(H,14,15)(H,16,18). The number of aromatic nitrogens is 1. The number of anilines is 1. The summed E-state index contributed by atoms with van der Waals surface area (Å²) >= 11 is 0. The van der Waals surface area contributed by atoms with Gasteiger partial charge in [0.1, 0.15) is 6.61 Å². The first kappa shape index (κ1) is 14.8. The minimum absolute atomic E-state index is 0.00220. The van der Waals surface area contributed by atoms with Crippen LogP contribution in [0.3, 0.4) is 0 Å². The predicted molar refractivity (Wildman–Crippen MR) is 66.1 cm³/mol. The van der Waals surface area contributed by atoms with E-state index in [1.165, 1.54) is 19.3 Å². The molecule has 0 unspecified atom stereocenters. The van der Waals surface area contributed by atoms with E-state index in [0.717, 1.165) is 0 Å². The molecule has 0 aliphatic carbocycles. The second-order valence-electron chi connectivity index (χ2n) is 3.55. The van der Waals surface area contributed by atoms with Crippen LogP contribution in [0.5, 0.6) is 0 Å². The minimum atomic E-state index is -0.722. The molecule has 0 aliphatic heterocycles. The molecule has 1 rings (SSSR count). The lowest BCUT2D eigenvalue weighted by molar-refractivity contribution is -0.122. The summed E-state index contributed by atoms with van der Waals surface area (Å²) in [6.45, 7) is 0.0341. The van der Waals surface area contributed by atoms with Crippen LogP contribution in [0, 0.1) is 5.82 Å². The van der Waals surface area contributed by atoms with Gasteiger partial charge in [0.15, 0.2) is 11.6 Å². The van der Waals surface area contributed by atoms with Gasteiger partial charge >= 0.3 is 0 Å². The number of primary amides is 1. The molecule has 0 spiro atoms. The molecule has 0 aliphatic rings. The normalized spacial score (nSPS) is 10.0. The second kappa shape index (κ2) is 7.27. The van der Waals surface area contributed by atoms with E-state index in [0.29, 0.717) is 0 Å². The maximum absolute atomic E-state index is 13.7. The van der Waals surface area contributed by atoms with Gasteiger partial charge in [-0.1, -0.05) is 0 Å². The zero-order valence-corrected chi connectivity index (χ0v) is 10.4. The summed E-state index contributed by atoms with van der Waals surface area (Å²) in [4.78, 5) is 25.8. The quantitative estimate of drug-likeness (QED) is 0.579. The highest BCUT2D eigenvalue weighted by Gasteiger charge is 2.14. The van der Waals surface area contributed by atoms with Crippen LogP contribution >= 0.6 is 0 Å². The molecule has 0 atom stereocenters. The van der Waals surface area contributed by atoms with Gasteiger partial charge in [-0.15, -0.1) is 0 Å². The van der Waals surface area contributed by atoms with E-state index in [1.54, 1.807) is 0 Å². The number of ether oxygens (including phenoxy) is 1. The molecule has 0 radical (unpaired) electrons. The molecule has 19 heavy (non-hydrogen) atoms. The first-order valence-corrected chi connectivity index (χ1v) is 5.52. The Morgan fingerprint density at radius 1 is 1.53 bits per heavy atom. The zero-order chi connectivity index (χ0) is 14.3. The Kier molecular flexibility index (Phi) is 5.68. The number of nitrogens with zero attached hydrogens (tertiary/aromatic N) is 1. The highest BCUT2D eigenvalue weighted by molar-refractivity contribution is 5.95. The van der Waals surface area contributed by atoms with Crippen molar-refractivity contribution in [3.63, 3.8) is 0 Å². The van der Waals surface area contributed by atoms with E-state index in [1.807, 2.05) is 0 Å². The van der Waals surface area contributed by atoms with Crippen molar-refractivity contribution in [3.8, 4) is 0 Å². The molecule has 0 saturated carbocycles. The largest absolute Gasteiger partial charge is 0.371 e. The molecule has 1 aromatic rings. The fraction of sp³-hybridized carbons (Fsp3) is 0.364. The third-order valence-electron chi connectivity index (χ3n) is 2.15. The van der Waals surface area contributed by atoms with Gasteiger partial charge in [0.25, 0.3) is 5.91 Å². The molecule has 1 aromatic heterocycles. The highest BCUT2D eigenvalue weighted by Crippen LogP contribution is 2.13. The summed E-state index contributed by atoms with van der Waals surface area (Å²) in [7, 11) is 1.50. The number of carbonyl (C=O) groups is 2. The van der Waals surface area contributed by atoms with Crippen molar-refractivity contribution in [3.05, 3.63) is 23.6 Å². The monoisotopic (exact) mass is 270 g/mol. The number of halogens is 1. The van der Waals surface area contributed by atoms with E-state index in [9.17, 15) is 14.0 Å². The Balaban J connectivity index is 2.48. The Hall–Kier alpha value is -2.22. The number of carbonyl (C=O) groups excluding carboxylic acids is 2. The summed E-state index contributed by atoms with van der Waals surface area (Å²) in [5.74, 6) is -1.90. The number of hydrogen-bond donors (Lipinski definition) is 3. The van der Waals surface area contributed by atoms with Crippen LogP contribution < -0.4 is 16.4 Å². The molecule has 4 N–H and O–H groups in total. The van der Waals surface area contributed by atoms with Crippen LogP contribution in [0.15, 0.2) is 12.3 Å². The van der Waals surface area contributed by atoms with Crippen LogP contribution in [-0.4, -0.2) is 43.6 Å². The third-order valence-corrected chi connectivity index (χ3v) is 2.15. The second-order valence-corrected chi connectivity index (χ2v) is 3.55. The molecule has 2 amide bonds. The summed E-state index contributed by atoms with van der Waals surface area (Å²) in [5, 5.41) is 4.99. The van der Waals surface area contributed by atoms with Crippen LogP contribution in [-0.2, 0) is 9.53 Å². The third kappa shape index (κ3) is 4.51. The van der Waals surface area contributed by atoms with Crippen LogP contribution in [0.1, 0.15) is 10.4 Å². The lowest BCUT2D eigenvalue weighted by atomic mass is 10.2. The van der Waals surface area contributed by atoms with E-state index in [4.69, 9.17) is 10.5 Å². The van der Waals surface area contributed by atoms with Gasteiger partial charge in [0, 0.05) is 19.8 Å². The number of rotatable bonds is 7. The van der Waals surface area contributed by atoms with E-state index in [-0.39, 0.29) is 31.1 Å².